The molecule has 1 heterocycles. The zero-order valence-corrected chi connectivity index (χ0v) is 6.31. The predicted molar refractivity (Wildman–Crippen MR) is 46.2 cm³/mol. The van der Waals surface area contributed by atoms with Crippen molar-refractivity contribution < 1.29 is 5.11 Å². The monoisotopic (exact) mass is 159 g/mol. The van der Waals surface area contributed by atoms with E-state index >= 15 is 0 Å². The molecule has 0 aromatic heterocycles. The molecule has 3 nitrogen and oxygen atoms in total. The second-order valence-electron chi connectivity index (χ2n) is 2.48. The third kappa shape index (κ3) is 1.04. The van der Waals surface area contributed by atoms with Crippen molar-refractivity contribution in [1.82, 2.24) is 0 Å². The quantitative estimate of drug-likeness (QED) is 0.645. The van der Waals surface area contributed by atoms with Crippen molar-refractivity contribution in [3.8, 4) is 0 Å². The van der Waals surface area contributed by atoms with Crippen molar-refractivity contribution in [1.29, 1.82) is 0 Å². The van der Waals surface area contributed by atoms with E-state index in [0.29, 0.717) is 5.56 Å². The molecule has 1 N–H and O–H groups in total. The van der Waals surface area contributed by atoms with Crippen molar-refractivity contribution in [2.24, 2.45) is 9.98 Å². The van der Waals surface area contributed by atoms with E-state index < -0.39 is 5.85 Å². The van der Waals surface area contributed by atoms with Gasteiger partial charge in [0.15, 0.2) is 0 Å². The van der Waals surface area contributed by atoms with Gasteiger partial charge < -0.3 is 5.11 Å². The molecule has 59 valence electrons. The molecule has 0 atom stereocenters. The zero-order chi connectivity index (χ0) is 8.44. The molecular formula is C9H7N2O. The Morgan fingerprint density at radius 1 is 1.33 bits per heavy atom. The van der Waals surface area contributed by atoms with Crippen molar-refractivity contribution in [2.45, 2.75) is 5.85 Å². The summed E-state index contributed by atoms with van der Waals surface area (Å²) in [6, 6.07) is 9.83. The van der Waals surface area contributed by atoms with E-state index in [9.17, 15) is 5.11 Å². The lowest BCUT2D eigenvalue weighted by molar-refractivity contribution is 0.0609. The molecule has 0 fully saturated rings. The van der Waals surface area contributed by atoms with Crippen LogP contribution in [-0.4, -0.2) is 17.5 Å². The summed E-state index contributed by atoms with van der Waals surface area (Å²) in [7, 11) is 0. The van der Waals surface area contributed by atoms with E-state index in [1.54, 1.807) is 24.3 Å². The Morgan fingerprint density at radius 2 is 2.08 bits per heavy atom. The number of hydrogen-bond donors (Lipinski definition) is 1. The molecule has 1 aromatic rings. The lowest BCUT2D eigenvalue weighted by Gasteiger charge is -2.14. The first-order valence-electron chi connectivity index (χ1n) is 3.59. The van der Waals surface area contributed by atoms with Crippen LogP contribution < -0.4 is 0 Å². The standard InChI is InChI=1S/C9H7N2O/c12-9(10-6-7-11-9)8-4-2-1-3-5-8/h1-2,4-7,12H. The number of hydrogen-bond acceptors (Lipinski definition) is 3. The maximum atomic E-state index is 9.75. The van der Waals surface area contributed by atoms with Crippen LogP contribution in [0.1, 0.15) is 5.56 Å². The van der Waals surface area contributed by atoms with Gasteiger partial charge in [-0.2, -0.15) is 0 Å². The number of aliphatic imine (C=N–C) groups is 2. The Labute approximate surface area is 70.1 Å². The summed E-state index contributed by atoms with van der Waals surface area (Å²) in [4.78, 5) is 7.65. The minimum atomic E-state index is -1.41. The molecule has 3 heteroatoms. The minimum absolute atomic E-state index is 0.634. The maximum Gasteiger partial charge on any atom is 0.282 e. The van der Waals surface area contributed by atoms with Gasteiger partial charge in [-0.3, -0.25) is 0 Å². The van der Waals surface area contributed by atoms with Gasteiger partial charge in [0.25, 0.3) is 5.85 Å². The van der Waals surface area contributed by atoms with Gasteiger partial charge in [0.05, 0.1) is 0 Å². The van der Waals surface area contributed by atoms with Gasteiger partial charge in [-0.15, -0.1) is 0 Å². The van der Waals surface area contributed by atoms with E-state index in [1.165, 1.54) is 12.4 Å². The summed E-state index contributed by atoms with van der Waals surface area (Å²) in [5.41, 5.74) is 0.634. The highest BCUT2D eigenvalue weighted by Gasteiger charge is 2.27. The molecule has 0 aliphatic carbocycles. The fraction of sp³-hybridized carbons (Fsp3) is 0.111. The van der Waals surface area contributed by atoms with Crippen LogP contribution in [-0.2, 0) is 5.85 Å². The first-order chi connectivity index (χ1) is 5.81. The molecule has 2 rings (SSSR count). The minimum Gasteiger partial charge on any atom is -0.348 e. The fourth-order valence-corrected chi connectivity index (χ4v) is 1.06. The molecule has 0 saturated heterocycles. The third-order valence-corrected chi connectivity index (χ3v) is 1.67. The first kappa shape index (κ1) is 7.18. The molecule has 1 radical (unpaired) electrons. The molecule has 0 amide bonds. The zero-order valence-electron chi connectivity index (χ0n) is 6.31. The normalized spacial score (nSPS) is 18.4. The van der Waals surface area contributed by atoms with Crippen LogP contribution in [0.2, 0.25) is 0 Å². The molecule has 0 spiro atoms. The van der Waals surface area contributed by atoms with Gasteiger partial charge >= 0.3 is 0 Å². The van der Waals surface area contributed by atoms with E-state index in [2.05, 4.69) is 16.1 Å². The average molecular weight is 159 g/mol. The lowest BCUT2D eigenvalue weighted by atomic mass is 10.1. The van der Waals surface area contributed by atoms with Crippen LogP contribution in [0.5, 0.6) is 0 Å². The second kappa shape index (κ2) is 2.53. The summed E-state index contributed by atoms with van der Waals surface area (Å²) in [5.74, 6) is -1.41. The molecule has 0 saturated carbocycles. The summed E-state index contributed by atoms with van der Waals surface area (Å²) < 4.78 is 0. The van der Waals surface area contributed by atoms with Crippen LogP contribution in [0.3, 0.4) is 0 Å². The Balaban J connectivity index is 2.43. The van der Waals surface area contributed by atoms with E-state index in [0.717, 1.165) is 0 Å². The summed E-state index contributed by atoms with van der Waals surface area (Å²) in [6.45, 7) is 0. The highest BCUT2D eigenvalue weighted by Crippen LogP contribution is 2.24. The predicted octanol–water partition coefficient (Wildman–Crippen LogP) is 0.745. The molecule has 1 aliphatic rings. The Kier molecular flexibility index (Phi) is 1.52. The summed E-state index contributed by atoms with van der Waals surface area (Å²) in [6.07, 6.45) is 2.96. The van der Waals surface area contributed by atoms with Crippen LogP contribution in [0.4, 0.5) is 0 Å². The van der Waals surface area contributed by atoms with E-state index in [4.69, 9.17) is 0 Å². The van der Waals surface area contributed by atoms with Crippen molar-refractivity contribution >= 4 is 12.4 Å². The molecule has 1 aromatic carbocycles. The fourth-order valence-electron chi connectivity index (χ4n) is 1.06. The van der Waals surface area contributed by atoms with Crippen LogP contribution in [0.25, 0.3) is 0 Å². The molecular weight excluding hydrogens is 152 g/mol. The van der Waals surface area contributed by atoms with Gasteiger partial charge in [0.2, 0.25) is 0 Å². The van der Waals surface area contributed by atoms with Crippen molar-refractivity contribution in [3.63, 3.8) is 0 Å². The lowest BCUT2D eigenvalue weighted by Crippen LogP contribution is -2.17. The topological polar surface area (TPSA) is 45.0 Å². The Morgan fingerprint density at radius 3 is 2.67 bits per heavy atom. The second-order valence-corrected chi connectivity index (χ2v) is 2.48. The van der Waals surface area contributed by atoms with Gasteiger partial charge in [0, 0.05) is 18.0 Å². The Hall–Kier alpha value is -1.48. The highest BCUT2D eigenvalue weighted by molar-refractivity contribution is 6.17. The number of benzene rings is 1. The molecule has 0 unspecified atom stereocenters. The molecule has 12 heavy (non-hydrogen) atoms. The van der Waals surface area contributed by atoms with Crippen LogP contribution in [0, 0.1) is 6.07 Å². The Bertz CT molecular complexity index is 318. The average Bonchev–Trinajstić information content (AvgIpc) is 2.55. The first-order valence-corrected chi connectivity index (χ1v) is 3.59. The van der Waals surface area contributed by atoms with E-state index in [-0.39, 0.29) is 0 Å². The summed E-state index contributed by atoms with van der Waals surface area (Å²) in [5, 5.41) is 9.75. The number of nitrogens with zero attached hydrogens (tertiary/aromatic N) is 2. The SMILES string of the molecule is OC1(c2c[c]ccc2)N=CC=N1. The number of rotatable bonds is 1. The van der Waals surface area contributed by atoms with Crippen molar-refractivity contribution in [3.05, 3.63) is 35.9 Å². The van der Waals surface area contributed by atoms with E-state index in [1.807, 2.05) is 0 Å². The molecule has 1 aliphatic heterocycles. The van der Waals surface area contributed by atoms with Gasteiger partial charge in [-0.25, -0.2) is 9.98 Å². The number of aliphatic hydroxyl groups is 1. The van der Waals surface area contributed by atoms with Gasteiger partial charge in [-0.1, -0.05) is 18.2 Å². The third-order valence-electron chi connectivity index (χ3n) is 1.67. The van der Waals surface area contributed by atoms with Gasteiger partial charge in [0.1, 0.15) is 0 Å². The van der Waals surface area contributed by atoms with Crippen molar-refractivity contribution in [2.75, 3.05) is 0 Å². The highest BCUT2D eigenvalue weighted by atomic mass is 16.3. The van der Waals surface area contributed by atoms with Gasteiger partial charge in [-0.05, 0) is 12.1 Å². The molecule has 0 bridgehead atoms. The summed E-state index contributed by atoms with van der Waals surface area (Å²) >= 11 is 0. The largest absolute Gasteiger partial charge is 0.348 e. The van der Waals surface area contributed by atoms with Crippen LogP contribution in [0.15, 0.2) is 34.3 Å². The van der Waals surface area contributed by atoms with Crippen LogP contribution >= 0.6 is 0 Å². The maximum absolute atomic E-state index is 9.75. The smallest absolute Gasteiger partial charge is 0.282 e.